The van der Waals surface area contributed by atoms with Gasteiger partial charge in [-0.15, -0.1) is 0 Å². The molecule has 0 radical (unpaired) electrons. The quantitative estimate of drug-likeness (QED) is 0.503. The first-order chi connectivity index (χ1) is 14.2. The second-order valence-electron chi connectivity index (χ2n) is 7.45. The smallest absolute Gasteiger partial charge is 0.0615 e. The monoisotopic (exact) mass is 421 g/mol. The molecular formula is C24H21Cl2N3. The number of rotatable bonds is 3. The van der Waals surface area contributed by atoms with Crippen molar-refractivity contribution in [2.45, 2.75) is 6.04 Å². The molecule has 1 saturated heterocycles. The number of halogens is 2. The van der Waals surface area contributed by atoms with Gasteiger partial charge in [0, 0.05) is 31.7 Å². The molecule has 0 atom stereocenters. The van der Waals surface area contributed by atoms with Crippen molar-refractivity contribution < 1.29 is 0 Å². The Labute approximate surface area is 181 Å². The van der Waals surface area contributed by atoms with Gasteiger partial charge in [0.05, 0.1) is 22.3 Å². The second-order valence-corrected chi connectivity index (χ2v) is 8.26. The van der Waals surface area contributed by atoms with Crippen LogP contribution in [0.25, 0.3) is 11.1 Å². The summed E-state index contributed by atoms with van der Waals surface area (Å²) < 4.78 is 0. The molecule has 0 unspecified atom stereocenters. The fourth-order valence-corrected chi connectivity index (χ4v) is 4.88. The van der Waals surface area contributed by atoms with Crippen LogP contribution in [0.1, 0.15) is 22.7 Å². The summed E-state index contributed by atoms with van der Waals surface area (Å²) in [6.07, 6.45) is 1.78. The number of benzene rings is 3. The van der Waals surface area contributed by atoms with E-state index in [2.05, 4.69) is 63.5 Å². The summed E-state index contributed by atoms with van der Waals surface area (Å²) in [7, 11) is 0. The molecule has 0 N–H and O–H groups in total. The van der Waals surface area contributed by atoms with Crippen LogP contribution >= 0.6 is 23.2 Å². The van der Waals surface area contributed by atoms with Gasteiger partial charge in [-0.25, -0.2) is 0 Å². The maximum absolute atomic E-state index is 6.25. The van der Waals surface area contributed by atoms with Crippen molar-refractivity contribution >= 4 is 29.4 Å². The lowest BCUT2D eigenvalue weighted by Gasteiger charge is -2.37. The van der Waals surface area contributed by atoms with Gasteiger partial charge in [-0.3, -0.25) is 9.91 Å². The van der Waals surface area contributed by atoms with Gasteiger partial charge in [0.1, 0.15) is 0 Å². The zero-order valence-electron chi connectivity index (χ0n) is 15.9. The number of piperazine rings is 1. The first kappa shape index (κ1) is 18.7. The molecule has 3 nitrogen and oxygen atoms in total. The van der Waals surface area contributed by atoms with E-state index in [1.54, 1.807) is 6.21 Å². The van der Waals surface area contributed by atoms with Crippen molar-refractivity contribution in [3.63, 3.8) is 0 Å². The molecule has 0 aromatic heterocycles. The normalized spacial score (nSPS) is 17.0. The van der Waals surface area contributed by atoms with E-state index in [4.69, 9.17) is 23.2 Å². The molecule has 3 aromatic carbocycles. The Kier molecular flexibility index (Phi) is 5.04. The van der Waals surface area contributed by atoms with Crippen LogP contribution in [-0.4, -0.2) is 42.3 Å². The van der Waals surface area contributed by atoms with Crippen LogP contribution in [0.5, 0.6) is 0 Å². The molecule has 1 aliphatic heterocycles. The average molecular weight is 422 g/mol. The largest absolute Gasteiger partial charge is 0.294 e. The van der Waals surface area contributed by atoms with E-state index in [1.807, 2.05) is 18.2 Å². The standard InChI is InChI=1S/C24H21Cl2N3/c25-22-10-5-11-23(26)21(22)16-27-29-14-12-28(13-15-29)24-19-8-3-1-6-17(19)18-7-2-4-9-20(18)24/h1-11,16,24H,12-15H2/b27-16+. The van der Waals surface area contributed by atoms with E-state index in [9.17, 15) is 0 Å². The van der Waals surface area contributed by atoms with Crippen LogP contribution in [-0.2, 0) is 0 Å². The van der Waals surface area contributed by atoms with Crippen LogP contribution in [0, 0.1) is 0 Å². The lowest BCUT2D eigenvalue weighted by molar-refractivity contribution is 0.114. The molecule has 5 rings (SSSR count). The number of nitrogens with zero attached hydrogens (tertiary/aromatic N) is 3. The Morgan fingerprint density at radius 2 is 1.28 bits per heavy atom. The molecule has 1 heterocycles. The number of hydrogen-bond acceptors (Lipinski definition) is 3. The first-order valence-corrected chi connectivity index (χ1v) is 10.6. The summed E-state index contributed by atoms with van der Waals surface area (Å²) in [5.74, 6) is 0. The number of fused-ring (bicyclic) bond motifs is 3. The van der Waals surface area contributed by atoms with Crippen molar-refractivity contribution in [3.8, 4) is 11.1 Å². The van der Waals surface area contributed by atoms with E-state index in [0.29, 0.717) is 16.1 Å². The van der Waals surface area contributed by atoms with Crippen LogP contribution in [0.2, 0.25) is 10.0 Å². The van der Waals surface area contributed by atoms with Crippen molar-refractivity contribution in [2.75, 3.05) is 26.2 Å². The van der Waals surface area contributed by atoms with E-state index < -0.39 is 0 Å². The molecule has 1 aliphatic carbocycles. The maximum atomic E-state index is 6.25. The van der Waals surface area contributed by atoms with Crippen molar-refractivity contribution in [1.82, 2.24) is 9.91 Å². The van der Waals surface area contributed by atoms with Gasteiger partial charge in [-0.1, -0.05) is 77.8 Å². The molecule has 0 spiro atoms. The predicted octanol–water partition coefficient (Wildman–Crippen LogP) is 5.71. The molecule has 3 aromatic rings. The van der Waals surface area contributed by atoms with Gasteiger partial charge < -0.3 is 0 Å². The lowest BCUT2D eigenvalue weighted by atomic mass is 10.0. The highest BCUT2D eigenvalue weighted by atomic mass is 35.5. The van der Waals surface area contributed by atoms with Crippen LogP contribution in [0.15, 0.2) is 71.8 Å². The summed E-state index contributed by atoms with van der Waals surface area (Å²) >= 11 is 12.5. The summed E-state index contributed by atoms with van der Waals surface area (Å²) in [5.41, 5.74) is 6.32. The fraction of sp³-hybridized carbons (Fsp3) is 0.208. The predicted molar refractivity (Wildman–Crippen MR) is 121 cm³/mol. The molecular weight excluding hydrogens is 401 g/mol. The minimum atomic E-state index is 0.326. The van der Waals surface area contributed by atoms with Gasteiger partial charge in [0.2, 0.25) is 0 Å². The number of hydrogen-bond donors (Lipinski definition) is 0. The highest BCUT2D eigenvalue weighted by Crippen LogP contribution is 2.46. The lowest BCUT2D eigenvalue weighted by Crippen LogP contribution is -2.45. The zero-order valence-corrected chi connectivity index (χ0v) is 17.4. The molecule has 1 fully saturated rings. The summed E-state index contributed by atoms with van der Waals surface area (Å²) in [4.78, 5) is 2.57. The third kappa shape index (κ3) is 3.44. The van der Waals surface area contributed by atoms with Gasteiger partial charge in [-0.2, -0.15) is 5.10 Å². The third-order valence-electron chi connectivity index (χ3n) is 5.81. The SMILES string of the molecule is Clc1cccc(Cl)c1/C=N/N1CCN(C2c3ccccc3-c3ccccc32)CC1. The highest BCUT2D eigenvalue weighted by Gasteiger charge is 2.33. The molecule has 29 heavy (non-hydrogen) atoms. The Morgan fingerprint density at radius 1 is 0.724 bits per heavy atom. The average Bonchev–Trinajstić information content (AvgIpc) is 3.08. The summed E-state index contributed by atoms with van der Waals surface area (Å²) in [5, 5.41) is 7.99. The molecule has 5 heteroatoms. The Balaban J connectivity index is 1.33. The van der Waals surface area contributed by atoms with E-state index in [-0.39, 0.29) is 0 Å². The first-order valence-electron chi connectivity index (χ1n) is 9.87. The number of hydrazone groups is 1. The van der Waals surface area contributed by atoms with Gasteiger partial charge in [-0.05, 0) is 34.4 Å². The van der Waals surface area contributed by atoms with E-state index in [0.717, 1.165) is 31.7 Å². The maximum Gasteiger partial charge on any atom is 0.0615 e. The molecule has 0 bridgehead atoms. The minimum absolute atomic E-state index is 0.326. The minimum Gasteiger partial charge on any atom is -0.294 e. The van der Waals surface area contributed by atoms with Crippen LogP contribution in [0.3, 0.4) is 0 Å². The summed E-state index contributed by atoms with van der Waals surface area (Å²) in [6, 6.07) is 23.4. The Bertz CT molecular complexity index is 1010. The van der Waals surface area contributed by atoms with Crippen molar-refractivity contribution in [1.29, 1.82) is 0 Å². The highest BCUT2D eigenvalue weighted by molar-refractivity contribution is 6.38. The van der Waals surface area contributed by atoms with Gasteiger partial charge in [0.25, 0.3) is 0 Å². The van der Waals surface area contributed by atoms with Crippen molar-refractivity contribution in [2.24, 2.45) is 5.10 Å². The Morgan fingerprint density at radius 3 is 1.86 bits per heavy atom. The second kappa shape index (κ2) is 7.83. The molecule has 2 aliphatic rings. The van der Waals surface area contributed by atoms with Gasteiger partial charge >= 0.3 is 0 Å². The summed E-state index contributed by atoms with van der Waals surface area (Å²) in [6.45, 7) is 3.67. The van der Waals surface area contributed by atoms with Crippen molar-refractivity contribution in [3.05, 3.63) is 93.5 Å². The van der Waals surface area contributed by atoms with Crippen LogP contribution in [0.4, 0.5) is 0 Å². The molecule has 0 amide bonds. The van der Waals surface area contributed by atoms with E-state index in [1.165, 1.54) is 22.3 Å². The third-order valence-corrected chi connectivity index (χ3v) is 6.47. The van der Waals surface area contributed by atoms with Crippen LogP contribution < -0.4 is 0 Å². The van der Waals surface area contributed by atoms with E-state index >= 15 is 0 Å². The Hall–Kier alpha value is -2.33. The molecule has 0 saturated carbocycles. The topological polar surface area (TPSA) is 18.8 Å². The molecule has 146 valence electrons. The fourth-order valence-electron chi connectivity index (χ4n) is 4.38. The van der Waals surface area contributed by atoms with Gasteiger partial charge in [0.15, 0.2) is 0 Å². The zero-order chi connectivity index (χ0) is 19.8.